The number of carbonyl (C=O) groups is 2. The van der Waals surface area contributed by atoms with Crippen molar-refractivity contribution in [2.24, 2.45) is 0 Å². The summed E-state index contributed by atoms with van der Waals surface area (Å²) in [5.74, 6) is -1.31. The van der Waals surface area contributed by atoms with Crippen molar-refractivity contribution >= 4 is 35.0 Å². The van der Waals surface area contributed by atoms with Gasteiger partial charge in [0, 0.05) is 11.4 Å². The minimum atomic E-state index is -0.607. The summed E-state index contributed by atoms with van der Waals surface area (Å²) >= 11 is 1.18. The van der Waals surface area contributed by atoms with Gasteiger partial charge in [0.1, 0.15) is 22.5 Å². The Hall–Kier alpha value is -3.89. The van der Waals surface area contributed by atoms with E-state index in [-0.39, 0.29) is 16.5 Å². The van der Waals surface area contributed by atoms with Crippen LogP contribution in [0.5, 0.6) is 0 Å². The molecule has 0 bridgehead atoms. The van der Waals surface area contributed by atoms with E-state index in [2.05, 4.69) is 5.32 Å². The average molecular weight is 472 g/mol. The molecule has 0 radical (unpaired) electrons. The van der Waals surface area contributed by atoms with Crippen LogP contribution in [-0.4, -0.2) is 17.1 Å². The maximum absolute atomic E-state index is 13.6. The number of amides is 2. The molecule has 2 amide bonds. The van der Waals surface area contributed by atoms with Gasteiger partial charge in [-0.3, -0.25) is 14.5 Å². The molecule has 0 aromatic heterocycles. The number of thioether (sulfide) groups is 1. The molecule has 1 fully saturated rings. The number of nitrogens with zero attached hydrogens (tertiary/aromatic N) is 2. The monoisotopic (exact) mass is 471 g/mol. The second-order valence-electron chi connectivity index (χ2n) is 8.06. The number of nitriles is 1. The first-order valence-electron chi connectivity index (χ1n) is 10.7. The zero-order valence-corrected chi connectivity index (χ0v) is 19.5. The van der Waals surface area contributed by atoms with Gasteiger partial charge in [0.05, 0.1) is 5.25 Å². The maximum atomic E-state index is 13.6. The van der Waals surface area contributed by atoms with E-state index in [1.807, 2.05) is 56.3 Å². The van der Waals surface area contributed by atoms with Gasteiger partial charge in [-0.25, -0.2) is 4.39 Å². The Kier molecular flexibility index (Phi) is 6.80. The van der Waals surface area contributed by atoms with Gasteiger partial charge in [-0.1, -0.05) is 59.3 Å². The number of nitrogens with one attached hydrogen (secondary N) is 1. The largest absolute Gasteiger partial charge is 0.321 e. The van der Waals surface area contributed by atoms with E-state index in [1.54, 1.807) is 12.1 Å². The number of carbonyl (C=O) groups excluding carboxylic acids is 2. The minimum Gasteiger partial charge on any atom is -0.321 e. The van der Waals surface area contributed by atoms with Crippen molar-refractivity contribution in [3.63, 3.8) is 0 Å². The van der Waals surface area contributed by atoms with Crippen LogP contribution in [-0.2, 0) is 16.0 Å². The molecule has 0 unspecified atom stereocenters. The third kappa shape index (κ3) is 5.03. The fourth-order valence-corrected chi connectivity index (χ4v) is 4.89. The second-order valence-corrected chi connectivity index (χ2v) is 9.25. The molecular weight excluding hydrogens is 449 g/mol. The van der Waals surface area contributed by atoms with Gasteiger partial charge in [-0.05, 0) is 62.2 Å². The van der Waals surface area contributed by atoms with Gasteiger partial charge in [-0.2, -0.15) is 5.26 Å². The molecule has 1 aliphatic heterocycles. The molecule has 1 atom stereocenters. The predicted molar refractivity (Wildman–Crippen MR) is 133 cm³/mol. The van der Waals surface area contributed by atoms with Gasteiger partial charge in [0.15, 0.2) is 0 Å². The summed E-state index contributed by atoms with van der Waals surface area (Å²) in [6.07, 6.45) is 0.434. The first-order chi connectivity index (χ1) is 16.4. The Labute approximate surface area is 201 Å². The first kappa shape index (κ1) is 23.3. The fourth-order valence-electron chi connectivity index (χ4n) is 3.58. The summed E-state index contributed by atoms with van der Waals surface area (Å²) in [4.78, 5) is 27.8. The quantitative estimate of drug-likeness (QED) is 0.394. The smallest absolute Gasteiger partial charge is 0.269 e. The van der Waals surface area contributed by atoms with Crippen molar-refractivity contribution in [1.29, 1.82) is 5.26 Å². The highest BCUT2D eigenvalue weighted by atomic mass is 32.2. The molecule has 4 rings (SSSR count). The van der Waals surface area contributed by atoms with Crippen LogP contribution in [0.2, 0.25) is 0 Å². The molecular formula is C27H22FN3O2S. The summed E-state index contributed by atoms with van der Waals surface area (Å²) in [6.45, 7) is 3.92. The lowest BCUT2D eigenvalue weighted by atomic mass is 10.1. The molecule has 0 spiro atoms. The van der Waals surface area contributed by atoms with Gasteiger partial charge >= 0.3 is 0 Å². The third-order valence-corrected chi connectivity index (χ3v) is 6.70. The number of hydrogen-bond donors (Lipinski definition) is 1. The standard InChI is InChI=1S/C27H22FN3O2S/c1-17-3-7-19(8-4-17)15-24-26(33)31(22-13-9-20(28)10-14-22)27(34-24)23(16-29)25(32)30-21-11-5-18(2)6-12-21/h3-14,24H,15H2,1-2H3,(H,30,32)/b27-23-/t24-/m0/s1. The van der Waals surface area contributed by atoms with E-state index in [0.29, 0.717) is 17.8 Å². The van der Waals surface area contributed by atoms with Crippen molar-refractivity contribution in [3.8, 4) is 6.07 Å². The molecule has 1 saturated heterocycles. The predicted octanol–water partition coefficient (Wildman–Crippen LogP) is 5.51. The molecule has 0 aliphatic carbocycles. The van der Waals surface area contributed by atoms with Gasteiger partial charge in [0.2, 0.25) is 5.91 Å². The van der Waals surface area contributed by atoms with Crippen LogP contribution in [0.3, 0.4) is 0 Å². The topological polar surface area (TPSA) is 73.2 Å². The first-order valence-corrected chi connectivity index (χ1v) is 11.6. The lowest BCUT2D eigenvalue weighted by Gasteiger charge is -2.18. The van der Waals surface area contributed by atoms with E-state index in [0.717, 1.165) is 16.7 Å². The van der Waals surface area contributed by atoms with Crippen LogP contribution in [0.25, 0.3) is 0 Å². The zero-order chi connectivity index (χ0) is 24.2. The van der Waals surface area contributed by atoms with Crippen LogP contribution in [0.15, 0.2) is 83.4 Å². The van der Waals surface area contributed by atoms with Crippen LogP contribution in [0.1, 0.15) is 16.7 Å². The maximum Gasteiger partial charge on any atom is 0.269 e. The van der Waals surface area contributed by atoms with E-state index in [1.165, 1.54) is 40.9 Å². The molecule has 5 nitrogen and oxygen atoms in total. The van der Waals surface area contributed by atoms with Gasteiger partial charge < -0.3 is 5.32 Å². The molecule has 170 valence electrons. The van der Waals surface area contributed by atoms with E-state index in [9.17, 15) is 19.2 Å². The molecule has 7 heteroatoms. The van der Waals surface area contributed by atoms with Crippen LogP contribution >= 0.6 is 11.8 Å². The highest BCUT2D eigenvalue weighted by molar-refractivity contribution is 8.05. The normalized spacial score (nSPS) is 16.8. The van der Waals surface area contributed by atoms with Crippen molar-refractivity contribution in [2.45, 2.75) is 25.5 Å². The summed E-state index contributed by atoms with van der Waals surface area (Å²) in [7, 11) is 0. The van der Waals surface area contributed by atoms with E-state index < -0.39 is 17.0 Å². The summed E-state index contributed by atoms with van der Waals surface area (Å²) < 4.78 is 13.6. The number of aryl methyl sites for hydroxylation is 2. The van der Waals surface area contributed by atoms with Crippen LogP contribution in [0.4, 0.5) is 15.8 Å². The lowest BCUT2D eigenvalue weighted by Crippen LogP contribution is -2.30. The summed E-state index contributed by atoms with van der Waals surface area (Å²) in [5.41, 5.74) is 3.89. The lowest BCUT2D eigenvalue weighted by molar-refractivity contribution is -0.117. The Balaban J connectivity index is 1.71. The van der Waals surface area contributed by atoms with Gasteiger partial charge in [0.25, 0.3) is 5.91 Å². The van der Waals surface area contributed by atoms with Crippen molar-refractivity contribution in [1.82, 2.24) is 0 Å². The Morgan fingerprint density at radius 3 is 2.18 bits per heavy atom. The van der Waals surface area contributed by atoms with Crippen LogP contribution in [0, 0.1) is 31.0 Å². The Bertz CT molecular complexity index is 1290. The Morgan fingerprint density at radius 2 is 1.59 bits per heavy atom. The summed E-state index contributed by atoms with van der Waals surface area (Å²) in [5, 5.41) is 12.3. The zero-order valence-electron chi connectivity index (χ0n) is 18.7. The average Bonchev–Trinajstić information content (AvgIpc) is 3.13. The molecule has 1 heterocycles. The molecule has 1 N–H and O–H groups in total. The van der Waals surface area contributed by atoms with E-state index >= 15 is 0 Å². The number of anilines is 2. The molecule has 3 aromatic rings. The van der Waals surface area contributed by atoms with Gasteiger partial charge in [-0.15, -0.1) is 0 Å². The SMILES string of the molecule is Cc1ccc(C[C@@H]2S/C(=C(/C#N)C(=O)Nc3ccc(C)cc3)N(c3ccc(F)cc3)C2=O)cc1. The molecule has 0 saturated carbocycles. The molecule has 34 heavy (non-hydrogen) atoms. The number of benzene rings is 3. The number of hydrogen-bond acceptors (Lipinski definition) is 4. The second kappa shape index (κ2) is 9.94. The third-order valence-electron chi connectivity index (χ3n) is 5.44. The molecule has 1 aliphatic rings. The molecule has 3 aromatic carbocycles. The number of halogens is 1. The highest BCUT2D eigenvalue weighted by Crippen LogP contribution is 2.42. The van der Waals surface area contributed by atoms with Crippen molar-refractivity contribution < 1.29 is 14.0 Å². The van der Waals surface area contributed by atoms with Crippen molar-refractivity contribution in [3.05, 3.63) is 106 Å². The van der Waals surface area contributed by atoms with E-state index in [4.69, 9.17) is 0 Å². The Morgan fingerprint density at radius 1 is 1.00 bits per heavy atom. The minimum absolute atomic E-state index is 0.172. The number of rotatable bonds is 5. The highest BCUT2D eigenvalue weighted by Gasteiger charge is 2.40. The van der Waals surface area contributed by atoms with Crippen LogP contribution < -0.4 is 10.2 Å². The fraction of sp³-hybridized carbons (Fsp3) is 0.148. The van der Waals surface area contributed by atoms with Crippen molar-refractivity contribution in [2.75, 3.05) is 10.2 Å². The summed E-state index contributed by atoms with van der Waals surface area (Å²) in [6, 6.07) is 22.5.